The molecule has 2 aromatic rings. The van der Waals surface area contributed by atoms with Crippen molar-refractivity contribution in [2.24, 2.45) is 5.92 Å². The smallest absolute Gasteiger partial charge is 0.315 e. The van der Waals surface area contributed by atoms with Gasteiger partial charge >= 0.3 is 5.97 Å². The Morgan fingerprint density at radius 1 is 1.24 bits per heavy atom. The van der Waals surface area contributed by atoms with Gasteiger partial charge in [0, 0.05) is 6.07 Å². The van der Waals surface area contributed by atoms with Gasteiger partial charge in [-0.15, -0.1) is 0 Å². The highest BCUT2D eigenvalue weighted by molar-refractivity contribution is 5.75. The summed E-state index contributed by atoms with van der Waals surface area (Å²) in [6.45, 7) is 10.4. The Morgan fingerprint density at radius 3 is 2.64 bits per heavy atom. The van der Waals surface area contributed by atoms with E-state index in [0.717, 1.165) is 49.0 Å². The molecule has 0 spiro atoms. The second-order valence-electron chi connectivity index (χ2n) is 6.63. The summed E-state index contributed by atoms with van der Waals surface area (Å²) in [5.41, 5.74) is 4.22. The normalized spacial score (nSPS) is 12.2. The topological polar surface area (TPSA) is 44.1 Å². The van der Waals surface area contributed by atoms with Crippen LogP contribution in [0.4, 0.5) is 0 Å². The molecule has 136 valence electrons. The molecule has 1 aromatic carbocycles. The lowest BCUT2D eigenvalue weighted by Crippen LogP contribution is -2.21. The minimum atomic E-state index is -0.148. The van der Waals surface area contributed by atoms with Gasteiger partial charge in [-0.25, -0.2) is 4.68 Å². The van der Waals surface area contributed by atoms with Gasteiger partial charge < -0.3 is 4.74 Å². The molecule has 0 aliphatic carbocycles. The van der Waals surface area contributed by atoms with E-state index in [-0.39, 0.29) is 11.9 Å². The number of nitrogens with zero attached hydrogens (tertiary/aromatic N) is 2. The number of rotatable bonds is 8. The Labute approximate surface area is 151 Å². The third-order valence-electron chi connectivity index (χ3n) is 4.83. The molecule has 0 aliphatic heterocycles. The third-order valence-corrected chi connectivity index (χ3v) is 4.83. The van der Waals surface area contributed by atoms with Gasteiger partial charge in [0.1, 0.15) is 0 Å². The molecule has 2 rings (SSSR count). The second-order valence-corrected chi connectivity index (χ2v) is 6.63. The Hall–Kier alpha value is -2.10. The van der Waals surface area contributed by atoms with Gasteiger partial charge in [0.15, 0.2) is 0 Å². The Kier molecular flexibility index (Phi) is 6.80. The number of ether oxygens (including phenoxy) is 1. The summed E-state index contributed by atoms with van der Waals surface area (Å²) >= 11 is 0. The number of hydrogen-bond donors (Lipinski definition) is 0. The van der Waals surface area contributed by atoms with Crippen molar-refractivity contribution in [1.82, 2.24) is 9.78 Å². The van der Waals surface area contributed by atoms with E-state index < -0.39 is 0 Å². The van der Waals surface area contributed by atoms with E-state index >= 15 is 0 Å². The zero-order valence-electron chi connectivity index (χ0n) is 16.1. The molecule has 0 N–H and O–H groups in total. The fourth-order valence-electron chi connectivity index (χ4n) is 2.92. The zero-order chi connectivity index (χ0) is 18.4. The van der Waals surface area contributed by atoms with Crippen molar-refractivity contribution < 1.29 is 9.53 Å². The van der Waals surface area contributed by atoms with Crippen LogP contribution in [-0.4, -0.2) is 15.7 Å². The van der Waals surface area contributed by atoms with Crippen molar-refractivity contribution >= 4 is 5.97 Å². The zero-order valence-corrected chi connectivity index (χ0v) is 16.1. The van der Waals surface area contributed by atoms with E-state index in [1.807, 2.05) is 25.1 Å². The van der Waals surface area contributed by atoms with Crippen molar-refractivity contribution in [2.75, 3.05) is 0 Å². The molecule has 0 bridgehead atoms. The van der Waals surface area contributed by atoms with Gasteiger partial charge in [0.2, 0.25) is 5.88 Å². The van der Waals surface area contributed by atoms with Crippen molar-refractivity contribution in [2.45, 2.75) is 66.7 Å². The number of benzene rings is 1. The number of hydrogen-bond acceptors (Lipinski definition) is 3. The maximum atomic E-state index is 12.6. The molecule has 0 saturated heterocycles. The summed E-state index contributed by atoms with van der Waals surface area (Å²) < 4.78 is 7.56. The number of aryl methyl sites for hydroxylation is 2. The first kappa shape index (κ1) is 19.2. The second kappa shape index (κ2) is 8.84. The lowest BCUT2D eigenvalue weighted by Gasteiger charge is -2.15. The Balaban J connectivity index is 2.33. The van der Waals surface area contributed by atoms with E-state index in [2.05, 4.69) is 38.9 Å². The molecule has 1 heterocycles. The molecule has 1 atom stereocenters. The molecule has 0 amide bonds. The molecule has 25 heavy (non-hydrogen) atoms. The lowest BCUT2D eigenvalue weighted by molar-refractivity contribution is -0.139. The Morgan fingerprint density at radius 2 is 2.00 bits per heavy atom. The summed E-state index contributed by atoms with van der Waals surface area (Å²) in [7, 11) is 0. The Bertz CT molecular complexity index is 719. The predicted octanol–water partition coefficient (Wildman–Crippen LogP) is 5.17. The maximum absolute atomic E-state index is 12.6. The minimum Gasteiger partial charge on any atom is -0.407 e. The highest BCUT2D eigenvalue weighted by Crippen LogP contribution is 2.26. The summed E-state index contributed by atoms with van der Waals surface area (Å²) in [4.78, 5) is 12.6. The van der Waals surface area contributed by atoms with E-state index in [9.17, 15) is 4.79 Å². The van der Waals surface area contributed by atoms with Gasteiger partial charge in [-0.05, 0) is 50.3 Å². The highest BCUT2D eigenvalue weighted by Gasteiger charge is 2.21. The SMILES string of the molecule is CCCCC(CC)C(=O)Oc1cc(CC)nn1-c1cccc(C)c1C. The quantitative estimate of drug-likeness (QED) is 0.621. The predicted molar refractivity (Wildman–Crippen MR) is 101 cm³/mol. The van der Waals surface area contributed by atoms with Crippen LogP contribution in [0.5, 0.6) is 5.88 Å². The largest absolute Gasteiger partial charge is 0.407 e. The van der Waals surface area contributed by atoms with Crippen LogP contribution in [0.1, 0.15) is 63.3 Å². The summed E-state index contributed by atoms with van der Waals surface area (Å²) in [6.07, 6.45) is 4.62. The molecule has 1 aromatic heterocycles. The van der Waals surface area contributed by atoms with Gasteiger partial charge in [-0.3, -0.25) is 4.79 Å². The van der Waals surface area contributed by atoms with Crippen LogP contribution in [0.15, 0.2) is 24.3 Å². The van der Waals surface area contributed by atoms with Crippen molar-refractivity contribution in [3.63, 3.8) is 0 Å². The fraction of sp³-hybridized carbons (Fsp3) is 0.524. The first-order valence-electron chi connectivity index (χ1n) is 9.38. The van der Waals surface area contributed by atoms with Crippen LogP contribution in [0.25, 0.3) is 5.69 Å². The lowest BCUT2D eigenvalue weighted by atomic mass is 10.00. The van der Waals surface area contributed by atoms with Gasteiger partial charge in [-0.2, -0.15) is 5.10 Å². The standard InChI is InChI=1S/C21H30N2O2/c1-6-9-12-17(7-2)21(24)25-20-14-18(8-3)22-23(20)19-13-10-11-15(4)16(19)5/h10-11,13-14,17H,6-9,12H2,1-5H3. The molecule has 4 heteroatoms. The molecule has 0 fully saturated rings. The average Bonchev–Trinajstić information content (AvgIpc) is 3.00. The van der Waals surface area contributed by atoms with Crippen molar-refractivity contribution in [3.8, 4) is 11.6 Å². The highest BCUT2D eigenvalue weighted by atomic mass is 16.5. The molecule has 4 nitrogen and oxygen atoms in total. The van der Waals surface area contributed by atoms with E-state index in [0.29, 0.717) is 5.88 Å². The third kappa shape index (κ3) is 4.50. The van der Waals surface area contributed by atoms with E-state index in [1.54, 1.807) is 4.68 Å². The number of aromatic nitrogens is 2. The number of carbonyl (C=O) groups is 1. The fourth-order valence-corrected chi connectivity index (χ4v) is 2.92. The van der Waals surface area contributed by atoms with Gasteiger partial charge in [0.05, 0.1) is 17.3 Å². The molecule has 1 unspecified atom stereocenters. The summed E-state index contributed by atoms with van der Waals surface area (Å²) in [5, 5.41) is 4.64. The first-order chi connectivity index (χ1) is 12.0. The number of esters is 1. The number of carbonyl (C=O) groups excluding carboxylic acids is 1. The van der Waals surface area contributed by atoms with Crippen LogP contribution < -0.4 is 4.74 Å². The van der Waals surface area contributed by atoms with Crippen molar-refractivity contribution in [3.05, 3.63) is 41.1 Å². The van der Waals surface area contributed by atoms with Crippen LogP contribution in [0, 0.1) is 19.8 Å². The van der Waals surface area contributed by atoms with Crippen LogP contribution in [-0.2, 0) is 11.2 Å². The summed E-state index contributed by atoms with van der Waals surface area (Å²) in [5.74, 6) is 0.322. The van der Waals surface area contributed by atoms with Crippen LogP contribution in [0.2, 0.25) is 0 Å². The summed E-state index contributed by atoms with van der Waals surface area (Å²) in [6, 6.07) is 7.98. The maximum Gasteiger partial charge on any atom is 0.315 e. The van der Waals surface area contributed by atoms with Gasteiger partial charge in [-0.1, -0.05) is 45.7 Å². The average molecular weight is 342 g/mol. The first-order valence-corrected chi connectivity index (χ1v) is 9.38. The van der Waals surface area contributed by atoms with Crippen LogP contribution >= 0.6 is 0 Å². The van der Waals surface area contributed by atoms with Crippen LogP contribution in [0.3, 0.4) is 0 Å². The molecule has 0 saturated carbocycles. The van der Waals surface area contributed by atoms with E-state index in [1.165, 1.54) is 5.56 Å². The molecular weight excluding hydrogens is 312 g/mol. The monoisotopic (exact) mass is 342 g/mol. The number of unbranched alkanes of at least 4 members (excludes halogenated alkanes) is 1. The molecule has 0 aliphatic rings. The van der Waals surface area contributed by atoms with Gasteiger partial charge in [0.25, 0.3) is 0 Å². The minimum absolute atomic E-state index is 0.0491. The molecular formula is C21H30N2O2. The van der Waals surface area contributed by atoms with E-state index in [4.69, 9.17) is 4.74 Å². The molecule has 0 radical (unpaired) electrons. The van der Waals surface area contributed by atoms with Crippen molar-refractivity contribution in [1.29, 1.82) is 0 Å².